The van der Waals surface area contributed by atoms with Crippen LogP contribution in [-0.4, -0.2) is 24.7 Å². The maximum atomic E-state index is 9.73. The van der Waals surface area contributed by atoms with Crippen LogP contribution in [0.1, 0.15) is 0 Å². The van der Waals surface area contributed by atoms with Crippen molar-refractivity contribution in [3.63, 3.8) is 0 Å². The molecule has 0 aliphatic rings. The minimum Gasteiger partial charge on any atom is -0.508 e. The average molecular weight is 309 g/mol. The Labute approximate surface area is 129 Å². The number of hydrogen-bond acceptors (Lipinski definition) is 6. The summed E-state index contributed by atoms with van der Waals surface area (Å²) in [4.78, 5) is 9.22. The second-order valence-electron chi connectivity index (χ2n) is 4.73. The fraction of sp³-hybridized carbons (Fsp3) is 0. The van der Waals surface area contributed by atoms with Crippen LogP contribution in [0.3, 0.4) is 0 Å². The van der Waals surface area contributed by atoms with Gasteiger partial charge in [-0.05, 0) is 18.2 Å². The molecule has 0 amide bonds. The van der Waals surface area contributed by atoms with Crippen molar-refractivity contribution in [2.45, 2.75) is 0 Å². The first-order valence-corrected chi connectivity index (χ1v) is 7.44. The van der Waals surface area contributed by atoms with E-state index in [2.05, 4.69) is 15.1 Å². The van der Waals surface area contributed by atoms with Crippen molar-refractivity contribution in [1.82, 2.24) is 19.6 Å². The summed E-state index contributed by atoms with van der Waals surface area (Å²) >= 11 is 1.57. The van der Waals surface area contributed by atoms with Crippen LogP contribution in [0, 0.1) is 0 Å². The van der Waals surface area contributed by atoms with Crippen LogP contribution in [-0.2, 0) is 0 Å². The van der Waals surface area contributed by atoms with E-state index >= 15 is 0 Å². The minimum absolute atomic E-state index is 0.196. The van der Waals surface area contributed by atoms with Gasteiger partial charge in [0.15, 0.2) is 0 Å². The van der Waals surface area contributed by atoms with E-state index in [4.69, 9.17) is 5.73 Å². The molecule has 0 unspecified atom stereocenters. The Balaban J connectivity index is 2.03. The molecule has 6 nitrogen and oxygen atoms in total. The molecular weight excluding hydrogens is 298 g/mol. The predicted molar refractivity (Wildman–Crippen MR) is 85.6 cm³/mol. The molecule has 22 heavy (non-hydrogen) atoms. The molecule has 108 valence electrons. The maximum Gasteiger partial charge on any atom is 0.220 e. The van der Waals surface area contributed by atoms with Crippen molar-refractivity contribution in [3.8, 4) is 28.3 Å². The van der Waals surface area contributed by atoms with Crippen molar-refractivity contribution in [2.24, 2.45) is 0 Å². The SMILES string of the molecule is Nc1nccc(-c2c(-c3cccc(O)c3)nn3ccsc23)n1. The van der Waals surface area contributed by atoms with Gasteiger partial charge < -0.3 is 10.8 Å². The number of nitrogens with zero attached hydrogens (tertiary/aromatic N) is 4. The summed E-state index contributed by atoms with van der Waals surface area (Å²) in [5.41, 5.74) is 8.88. The largest absolute Gasteiger partial charge is 0.508 e. The van der Waals surface area contributed by atoms with E-state index < -0.39 is 0 Å². The lowest BCUT2D eigenvalue weighted by Crippen LogP contribution is -1.95. The Kier molecular flexibility index (Phi) is 2.80. The molecule has 4 aromatic rings. The number of nitrogen functional groups attached to an aromatic ring is 1. The van der Waals surface area contributed by atoms with Gasteiger partial charge in [0.05, 0.1) is 11.3 Å². The summed E-state index contributed by atoms with van der Waals surface area (Å²) in [5, 5.41) is 16.3. The predicted octanol–water partition coefficient (Wildman–Crippen LogP) is 2.81. The molecule has 0 radical (unpaired) electrons. The fourth-order valence-corrected chi connectivity index (χ4v) is 3.22. The number of aromatic hydroxyl groups is 1. The van der Waals surface area contributed by atoms with E-state index in [0.717, 1.165) is 21.7 Å². The topological polar surface area (TPSA) is 89.3 Å². The monoisotopic (exact) mass is 309 g/mol. The number of aromatic nitrogens is 4. The lowest BCUT2D eigenvalue weighted by molar-refractivity contribution is 0.475. The third-order valence-corrected chi connectivity index (χ3v) is 4.17. The average Bonchev–Trinajstić information content (AvgIpc) is 3.07. The molecule has 0 atom stereocenters. The van der Waals surface area contributed by atoms with Crippen molar-refractivity contribution >= 4 is 22.1 Å². The van der Waals surface area contributed by atoms with Crippen LogP contribution >= 0.6 is 11.3 Å². The summed E-state index contributed by atoms with van der Waals surface area (Å²) in [6.07, 6.45) is 3.52. The highest BCUT2D eigenvalue weighted by atomic mass is 32.1. The quantitative estimate of drug-likeness (QED) is 0.594. The number of fused-ring (bicyclic) bond motifs is 1. The van der Waals surface area contributed by atoms with Gasteiger partial charge in [-0.25, -0.2) is 14.5 Å². The van der Waals surface area contributed by atoms with Crippen LogP contribution in [0.5, 0.6) is 5.75 Å². The van der Waals surface area contributed by atoms with Gasteiger partial charge in [0.2, 0.25) is 5.95 Å². The first-order valence-electron chi connectivity index (χ1n) is 6.56. The summed E-state index contributed by atoms with van der Waals surface area (Å²) in [7, 11) is 0. The molecule has 4 rings (SSSR count). The highest BCUT2D eigenvalue weighted by molar-refractivity contribution is 7.16. The van der Waals surface area contributed by atoms with E-state index in [9.17, 15) is 5.11 Å². The molecule has 3 N–H and O–H groups in total. The summed E-state index contributed by atoms with van der Waals surface area (Å²) in [6, 6.07) is 8.81. The molecule has 0 bridgehead atoms. The van der Waals surface area contributed by atoms with Gasteiger partial charge in [0.1, 0.15) is 16.3 Å². The zero-order valence-electron chi connectivity index (χ0n) is 11.3. The van der Waals surface area contributed by atoms with Gasteiger partial charge in [-0.2, -0.15) is 5.10 Å². The van der Waals surface area contributed by atoms with E-state index in [1.165, 1.54) is 0 Å². The lowest BCUT2D eigenvalue weighted by Gasteiger charge is -2.03. The molecule has 0 aliphatic heterocycles. The van der Waals surface area contributed by atoms with Crippen molar-refractivity contribution in [3.05, 3.63) is 48.1 Å². The van der Waals surface area contributed by atoms with Gasteiger partial charge in [0.25, 0.3) is 0 Å². The highest BCUT2D eigenvalue weighted by Gasteiger charge is 2.19. The zero-order valence-corrected chi connectivity index (χ0v) is 12.2. The van der Waals surface area contributed by atoms with E-state index in [0.29, 0.717) is 5.69 Å². The number of anilines is 1. The Morgan fingerprint density at radius 3 is 2.95 bits per heavy atom. The molecule has 1 aromatic carbocycles. The van der Waals surface area contributed by atoms with Crippen LogP contribution in [0.4, 0.5) is 5.95 Å². The number of nitrogens with two attached hydrogens (primary N) is 1. The molecule has 7 heteroatoms. The Morgan fingerprint density at radius 2 is 2.14 bits per heavy atom. The van der Waals surface area contributed by atoms with Crippen molar-refractivity contribution < 1.29 is 5.11 Å². The lowest BCUT2D eigenvalue weighted by atomic mass is 10.1. The Morgan fingerprint density at radius 1 is 1.23 bits per heavy atom. The standard InChI is InChI=1S/C15H11N5OS/c16-15-17-5-4-11(18-15)12-13(9-2-1-3-10(21)8-9)19-20-6-7-22-14(12)20/h1-8,21H,(H2,16,17,18). The second-order valence-corrected chi connectivity index (χ2v) is 5.62. The molecule has 3 aromatic heterocycles. The molecule has 3 heterocycles. The van der Waals surface area contributed by atoms with Crippen molar-refractivity contribution in [2.75, 3.05) is 5.73 Å². The van der Waals surface area contributed by atoms with Gasteiger partial charge in [-0.1, -0.05) is 12.1 Å². The van der Waals surface area contributed by atoms with Gasteiger partial charge in [-0.3, -0.25) is 0 Å². The smallest absolute Gasteiger partial charge is 0.220 e. The third kappa shape index (κ3) is 1.99. The number of thiazole rings is 1. The molecule has 0 spiro atoms. The molecule has 0 saturated carbocycles. The number of hydrogen-bond donors (Lipinski definition) is 2. The van der Waals surface area contributed by atoms with Crippen LogP contribution < -0.4 is 5.73 Å². The zero-order chi connectivity index (χ0) is 15.1. The second kappa shape index (κ2) is 4.81. The molecule has 0 fully saturated rings. The normalized spacial score (nSPS) is 11.1. The van der Waals surface area contributed by atoms with E-state index in [1.807, 2.05) is 17.6 Å². The third-order valence-electron chi connectivity index (χ3n) is 3.30. The first-order chi connectivity index (χ1) is 10.7. The summed E-state index contributed by atoms with van der Waals surface area (Å²) in [6.45, 7) is 0. The summed E-state index contributed by atoms with van der Waals surface area (Å²) < 4.78 is 1.80. The fourth-order valence-electron chi connectivity index (χ4n) is 2.38. The number of phenols is 1. The van der Waals surface area contributed by atoms with Crippen LogP contribution in [0.2, 0.25) is 0 Å². The summed E-state index contributed by atoms with van der Waals surface area (Å²) in [5.74, 6) is 0.414. The van der Waals surface area contributed by atoms with E-state index in [-0.39, 0.29) is 11.7 Å². The van der Waals surface area contributed by atoms with Gasteiger partial charge >= 0.3 is 0 Å². The van der Waals surface area contributed by atoms with Crippen LogP contribution in [0.25, 0.3) is 27.3 Å². The maximum absolute atomic E-state index is 9.73. The van der Waals surface area contributed by atoms with Crippen LogP contribution in [0.15, 0.2) is 48.1 Å². The highest BCUT2D eigenvalue weighted by Crippen LogP contribution is 2.37. The van der Waals surface area contributed by atoms with Crippen molar-refractivity contribution in [1.29, 1.82) is 0 Å². The van der Waals surface area contributed by atoms with Gasteiger partial charge in [-0.15, -0.1) is 11.3 Å². The number of phenolic OH excluding ortho intramolecular Hbond substituents is 1. The first kappa shape index (κ1) is 12.8. The van der Waals surface area contributed by atoms with Gasteiger partial charge in [0, 0.05) is 23.3 Å². The molecule has 0 saturated heterocycles. The minimum atomic E-state index is 0.196. The number of benzene rings is 1. The molecule has 0 aliphatic carbocycles. The Bertz CT molecular complexity index is 975. The molecular formula is C15H11N5OS. The van der Waals surface area contributed by atoms with E-state index in [1.54, 1.807) is 46.3 Å². The number of rotatable bonds is 2. The Hall–Kier alpha value is -2.93.